The Hall–Kier alpha value is -1.30. The molecule has 1 heterocycles. The molecule has 2 aliphatic rings. The summed E-state index contributed by atoms with van der Waals surface area (Å²) >= 11 is 0. The van der Waals surface area contributed by atoms with Crippen LogP contribution in [0, 0.1) is 0 Å². The molecule has 1 saturated heterocycles. The predicted octanol–water partition coefficient (Wildman–Crippen LogP) is 0.862. The largest absolute Gasteiger partial charge is 0.481 e. The highest BCUT2D eigenvalue weighted by Crippen LogP contribution is 2.34. The lowest BCUT2D eigenvalue weighted by atomic mass is 9.74. The molecule has 18 heavy (non-hydrogen) atoms. The number of carboxylic acids is 1. The molecule has 0 unspecified atom stereocenters. The second kappa shape index (κ2) is 5.56. The van der Waals surface area contributed by atoms with Crippen LogP contribution in [-0.4, -0.2) is 41.9 Å². The molecule has 0 atom stereocenters. The van der Waals surface area contributed by atoms with Gasteiger partial charge < -0.3 is 20.5 Å². The van der Waals surface area contributed by atoms with Crippen molar-refractivity contribution < 1.29 is 19.4 Å². The Bertz CT molecular complexity index is 322. The van der Waals surface area contributed by atoms with Gasteiger partial charge in [-0.3, -0.25) is 4.79 Å². The highest BCUT2D eigenvalue weighted by atomic mass is 16.5. The Labute approximate surface area is 106 Å². The molecule has 2 fully saturated rings. The van der Waals surface area contributed by atoms with Gasteiger partial charge in [-0.15, -0.1) is 0 Å². The smallest absolute Gasteiger partial charge is 0.315 e. The van der Waals surface area contributed by atoms with E-state index >= 15 is 0 Å². The molecule has 6 heteroatoms. The van der Waals surface area contributed by atoms with Gasteiger partial charge in [0.15, 0.2) is 0 Å². The molecule has 6 nitrogen and oxygen atoms in total. The summed E-state index contributed by atoms with van der Waals surface area (Å²) < 4.78 is 5.22. The zero-order chi connectivity index (χ0) is 13.0. The third kappa shape index (κ3) is 3.35. The lowest BCUT2D eigenvalue weighted by Gasteiger charge is -2.41. The molecule has 0 bridgehead atoms. The van der Waals surface area contributed by atoms with Gasteiger partial charge in [0.25, 0.3) is 0 Å². The quantitative estimate of drug-likeness (QED) is 0.696. The summed E-state index contributed by atoms with van der Waals surface area (Å²) in [5, 5.41) is 14.6. The van der Waals surface area contributed by atoms with Gasteiger partial charge in [0, 0.05) is 19.3 Å². The first-order valence-corrected chi connectivity index (χ1v) is 6.48. The van der Waals surface area contributed by atoms with Crippen LogP contribution in [0.5, 0.6) is 0 Å². The van der Waals surface area contributed by atoms with Crippen molar-refractivity contribution in [1.82, 2.24) is 10.6 Å². The number of carbonyl (C=O) groups is 2. The van der Waals surface area contributed by atoms with Crippen molar-refractivity contribution in [2.24, 2.45) is 0 Å². The number of rotatable bonds is 4. The fourth-order valence-corrected chi connectivity index (χ4v) is 2.54. The summed E-state index contributed by atoms with van der Waals surface area (Å²) in [7, 11) is 0. The van der Waals surface area contributed by atoms with Crippen LogP contribution in [0.15, 0.2) is 0 Å². The second-order valence-electron chi connectivity index (χ2n) is 5.19. The van der Waals surface area contributed by atoms with Gasteiger partial charge in [0.2, 0.25) is 0 Å². The van der Waals surface area contributed by atoms with E-state index in [0.717, 1.165) is 32.1 Å². The van der Waals surface area contributed by atoms with Crippen LogP contribution >= 0.6 is 0 Å². The first-order chi connectivity index (χ1) is 8.60. The molecule has 1 saturated carbocycles. The van der Waals surface area contributed by atoms with Crippen LogP contribution in [0.4, 0.5) is 4.79 Å². The Morgan fingerprint density at radius 3 is 2.44 bits per heavy atom. The van der Waals surface area contributed by atoms with Gasteiger partial charge in [0.05, 0.1) is 12.0 Å². The van der Waals surface area contributed by atoms with Gasteiger partial charge >= 0.3 is 12.0 Å². The summed E-state index contributed by atoms with van der Waals surface area (Å²) in [6.07, 6.45) is 4.12. The summed E-state index contributed by atoms with van der Waals surface area (Å²) in [6.45, 7) is 1.34. The van der Waals surface area contributed by atoms with Crippen molar-refractivity contribution in [2.75, 3.05) is 13.2 Å². The lowest BCUT2D eigenvalue weighted by molar-refractivity contribution is -0.139. The minimum atomic E-state index is -0.860. The zero-order valence-electron chi connectivity index (χ0n) is 10.4. The first kappa shape index (κ1) is 13.1. The van der Waals surface area contributed by atoms with E-state index in [9.17, 15) is 9.59 Å². The molecule has 1 aliphatic heterocycles. The number of urea groups is 1. The minimum absolute atomic E-state index is 0.00813. The fourth-order valence-electron chi connectivity index (χ4n) is 2.54. The van der Waals surface area contributed by atoms with Crippen LogP contribution in [0.3, 0.4) is 0 Å². The van der Waals surface area contributed by atoms with Gasteiger partial charge in [-0.05, 0) is 32.1 Å². The van der Waals surface area contributed by atoms with Crippen LogP contribution in [0.2, 0.25) is 0 Å². The second-order valence-corrected chi connectivity index (χ2v) is 5.19. The van der Waals surface area contributed by atoms with Gasteiger partial charge in [-0.25, -0.2) is 4.79 Å². The average Bonchev–Trinajstić information content (AvgIpc) is 2.26. The van der Waals surface area contributed by atoms with E-state index < -0.39 is 11.5 Å². The van der Waals surface area contributed by atoms with Crippen molar-refractivity contribution in [3.63, 3.8) is 0 Å². The van der Waals surface area contributed by atoms with Gasteiger partial charge in [-0.2, -0.15) is 0 Å². The number of aliphatic carboxylic acids is 1. The van der Waals surface area contributed by atoms with Crippen LogP contribution in [0.1, 0.15) is 38.5 Å². The van der Waals surface area contributed by atoms with E-state index in [1.54, 1.807) is 0 Å². The fraction of sp³-hybridized carbons (Fsp3) is 0.833. The molecule has 1 aliphatic carbocycles. The Balaban J connectivity index is 1.80. The third-order valence-corrected chi connectivity index (χ3v) is 3.74. The normalized spacial score (nSPS) is 22.9. The molecule has 0 aromatic carbocycles. The molecule has 2 amide bonds. The number of carboxylic acid groups (broad SMARTS) is 1. The molecular formula is C12H20N2O4. The van der Waals surface area contributed by atoms with E-state index in [1.165, 1.54) is 0 Å². The van der Waals surface area contributed by atoms with Crippen molar-refractivity contribution in [2.45, 2.75) is 50.1 Å². The zero-order valence-corrected chi connectivity index (χ0v) is 10.4. The number of nitrogens with one attached hydrogen (secondary N) is 2. The van der Waals surface area contributed by atoms with Crippen molar-refractivity contribution in [3.8, 4) is 0 Å². The summed E-state index contributed by atoms with van der Waals surface area (Å²) in [5.41, 5.74) is -0.527. The average molecular weight is 256 g/mol. The number of hydrogen-bond donors (Lipinski definition) is 3. The molecule has 0 aromatic heterocycles. The maximum absolute atomic E-state index is 11.8. The monoisotopic (exact) mass is 256 g/mol. The van der Waals surface area contributed by atoms with Crippen LogP contribution in [0.25, 0.3) is 0 Å². The number of amides is 2. The van der Waals surface area contributed by atoms with E-state index in [1.807, 2.05) is 0 Å². The molecule has 0 radical (unpaired) electrons. The topological polar surface area (TPSA) is 87.7 Å². The van der Waals surface area contributed by atoms with E-state index in [-0.39, 0.29) is 18.5 Å². The Morgan fingerprint density at radius 2 is 1.94 bits per heavy atom. The summed E-state index contributed by atoms with van der Waals surface area (Å²) in [6, 6.07) is -0.108. The van der Waals surface area contributed by atoms with E-state index in [4.69, 9.17) is 9.84 Å². The summed E-state index contributed by atoms with van der Waals surface area (Å²) in [5.74, 6) is -0.860. The van der Waals surface area contributed by atoms with E-state index in [2.05, 4.69) is 10.6 Å². The molecule has 102 valence electrons. The summed E-state index contributed by atoms with van der Waals surface area (Å²) in [4.78, 5) is 22.6. The van der Waals surface area contributed by atoms with Crippen molar-refractivity contribution >= 4 is 12.0 Å². The molecular weight excluding hydrogens is 236 g/mol. The number of hydrogen-bond acceptors (Lipinski definition) is 3. The Morgan fingerprint density at radius 1 is 1.28 bits per heavy atom. The number of ether oxygens (including phenoxy) is 1. The lowest BCUT2D eigenvalue weighted by Crippen LogP contribution is -2.58. The molecule has 2 rings (SSSR count). The number of carbonyl (C=O) groups excluding carboxylic acids is 1. The predicted molar refractivity (Wildman–Crippen MR) is 64.3 cm³/mol. The minimum Gasteiger partial charge on any atom is -0.481 e. The highest BCUT2D eigenvalue weighted by molar-refractivity contribution is 5.77. The van der Waals surface area contributed by atoms with Crippen LogP contribution < -0.4 is 10.6 Å². The Kier molecular flexibility index (Phi) is 4.06. The highest BCUT2D eigenvalue weighted by Gasteiger charge is 2.40. The van der Waals surface area contributed by atoms with Crippen LogP contribution in [-0.2, 0) is 9.53 Å². The third-order valence-electron chi connectivity index (χ3n) is 3.74. The molecule has 3 N–H and O–H groups in total. The molecule has 0 spiro atoms. The maximum Gasteiger partial charge on any atom is 0.315 e. The maximum atomic E-state index is 11.8. The SMILES string of the molecule is O=C(O)CC1(NC(=O)NC2CCOCC2)CCC1. The molecule has 0 aromatic rings. The standard InChI is InChI=1S/C12H20N2O4/c15-10(16)8-12(4-1-5-12)14-11(17)13-9-2-6-18-7-3-9/h9H,1-8H2,(H,15,16)(H2,13,14,17). The first-order valence-electron chi connectivity index (χ1n) is 6.48. The van der Waals surface area contributed by atoms with Gasteiger partial charge in [0.1, 0.15) is 0 Å². The van der Waals surface area contributed by atoms with E-state index in [0.29, 0.717) is 13.2 Å². The van der Waals surface area contributed by atoms with Crippen molar-refractivity contribution in [3.05, 3.63) is 0 Å². The van der Waals surface area contributed by atoms with Crippen molar-refractivity contribution in [1.29, 1.82) is 0 Å². The van der Waals surface area contributed by atoms with Gasteiger partial charge in [-0.1, -0.05) is 0 Å².